The third-order valence-corrected chi connectivity index (χ3v) is 5.38. The van der Waals surface area contributed by atoms with Crippen LogP contribution < -0.4 is 10.4 Å². The molecule has 1 atom stereocenters. The first-order valence-corrected chi connectivity index (χ1v) is 10.2. The number of rotatable bonds is 5. The predicted octanol–water partition coefficient (Wildman–Crippen LogP) is 4.55. The van der Waals surface area contributed by atoms with E-state index in [-0.39, 0.29) is 52.8 Å². The summed E-state index contributed by atoms with van der Waals surface area (Å²) < 4.78 is 11.6. The zero-order chi connectivity index (χ0) is 22.3. The highest BCUT2D eigenvalue weighted by Crippen LogP contribution is 2.47. The number of benzene rings is 2. The Kier molecular flexibility index (Phi) is 5.19. The SMILES string of the molecule is CC(CO)CC(=O)c1c2c(c3oc(=O)cc(-c4ccccc4)c3c1O)C=CC(C)(C)O2. The zero-order valence-electron chi connectivity index (χ0n) is 17.6. The summed E-state index contributed by atoms with van der Waals surface area (Å²) in [4.78, 5) is 25.6. The lowest BCUT2D eigenvalue weighted by Gasteiger charge is -2.30. The molecule has 31 heavy (non-hydrogen) atoms. The van der Waals surface area contributed by atoms with Gasteiger partial charge in [0.25, 0.3) is 0 Å². The molecule has 0 fully saturated rings. The van der Waals surface area contributed by atoms with Crippen molar-refractivity contribution in [1.82, 2.24) is 0 Å². The highest BCUT2D eigenvalue weighted by Gasteiger charge is 2.33. The molecule has 0 amide bonds. The number of ether oxygens (including phenoxy) is 1. The van der Waals surface area contributed by atoms with Gasteiger partial charge in [0.05, 0.1) is 10.9 Å². The van der Waals surface area contributed by atoms with Crippen molar-refractivity contribution >= 4 is 22.8 Å². The van der Waals surface area contributed by atoms with Gasteiger partial charge in [-0.05, 0) is 37.5 Å². The van der Waals surface area contributed by atoms with Gasteiger partial charge in [0.1, 0.15) is 22.7 Å². The second-order valence-electron chi connectivity index (χ2n) is 8.47. The Morgan fingerprint density at radius 2 is 1.90 bits per heavy atom. The Labute approximate surface area is 179 Å². The molecule has 1 aromatic heterocycles. The second-order valence-corrected chi connectivity index (χ2v) is 8.47. The number of hydrogen-bond acceptors (Lipinski definition) is 6. The van der Waals surface area contributed by atoms with Gasteiger partial charge in [0.15, 0.2) is 11.4 Å². The van der Waals surface area contributed by atoms with Crippen LogP contribution in [0, 0.1) is 5.92 Å². The molecule has 4 rings (SSSR count). The number of phenolic OH excluding ortho intramolecular Hbond substituents is 1. The third-order valence-electron chi connectivity index (χ3n) is 5.38. The Morgan fingerprint density at radius 1 is 1.19 bits per heavy atom. The van der Waals surface area contributed by atoms with E-state index in [2.05, 4.69) is 0 Å². The largest absolute Gasteiger partial charge is 0.506 e. The topological polar surface area (TPSA) is 97.0 Å². The quantitative estimate of drug-likeness (QED) is 0.464. The molecule has 2 heterocycles. The Morgan fingerprint density at radius 3 is 2.58 bits per heavy atom. The van der Waals surface area contributed by atoms with Gasteiger partial charge in [-0.1, -0.05) is 37.3 Å². The number of ketones is 1. The van der Waals surface area contributed by atoms with Crippen LogP contribution in [0.25, 0.3) is 28.2 Å². The van der Waals surface area contributed by atoms with Crippen molar-refractivity contribution in [3.8, 4) is 22.6 Å². The Balaban J connectivity index is 2.11. The summed E-state index contributed by atoms with van der Waals surface area (Å²) >= 11 is 0. The summed E-state index contributed by atoms with van der Waals surface area (Å²) in [6, 6.07) is 10.4. The van der Waals surface area contributed by atoms with E-state index in [0.29, 0.717) is 16.7 Å². The number of fused-ring (bicyclic) bond motifs is 3. The maximum Gasteiger partial charge on any atom is 0.336 e. The van der Waals surface area contributed by atoms with Crippen LogP contribution in [-0.2, 0) is 0 Å². The van der Waals surface area contributed by atoms with Gasteiger partial charge in [0, 0.05) is 24.7 Å². The van der Waals surface area contributed by atoms with E-state index in [1.807, 2.05) is 50.3 Å². The van der Waals surface area contributed by atoms with E-state index in [0.717, 1.165) is 0 Å². The molecule has 0 saturated heterocycles. The maximum atomic E-state index is 13.2. The summed E-state index contributed by atoms with van der Waals surface area (Å²) in [6.45, 7) is 5.25. The first-order valence-electron chi connectivity index (χ1n) is 10.2. The minimum Gasteiger partial charge on any atom is -0.506 e. The molecule has 0 bridgehead atoms. The average Bonchev–Trinajstić information content (AvgIpc) is 2.72. The standard InChI is InChI=1S/C25H24O6/c1-14(13-26)11-18(27)21-22(29)20-17(15-7-5-4-6-8-15)12-19(28)30-23(20)16-9-10-25(2,3)31-24(16)21/h4-10,12,14,26,29H,11,13H2,1-3H3. The fourth-order valence-electron chi connectivity index (χ4n) is 3.81. The first-order chi connectivity index (χ1) is 14.7. The Bertz CT molecular complexity index is 1250. The van der Waals surface area contributed by atoms with Crippen molar-refractivity contribution < 1.29 is 24.2 Å². The monoisotopic (exact) mass is 420 g/mol. The van der Waals surface area contributed by atoms with Gasteiger partial charge in [-0.15, -0.1) is 0 Å². The van der Waals surface area contributed by atoms with Crippen molar-refractivity contribution in [3.63, 3.8) is 0 Å². The maximum absolute atomic E-state index is 13.2. The average molecular weight is 420 g/mol. The number of Topliss-reactive ketones (excluding diaryl/α,β-unsaturated/α-hetero) is 1. The molecule has 2 N–H and O–H groups in total. The zero-order valence-corrected chi connectivity index (χ0v) is 17.6. The summed E-state index contributed by atoms with van der Waals surface area (Å²) in [5.74, 6) is -0.750. The summed E-state index contributed by atoms with van der Waals surface area (Å²) in [5, 5.41) is 21.0. The van der Waals surface area contributed by atoms with E-state index in [4.69, 9.17) is 9.15 Å². The van der Waals surface area contributed by atoms with Crippen LogP contribution >= 0.6 is 0 Å². The highest BCUT2D eigenvalue weighted by molar-refractivity contribution is 6.13. The van der Waals surface area contributed by atoms with Crippen LogP contribution in [0.3, 0.4) is 0 Å². The van der Waals surface area contributed by atoms with E-state index >= 15 is 0 Å². The minimum absolute atomic E-state index is 0.0336. The van der Waals surface area contributed by atoms with Crippen molar-refractivity contribution in [1.29, 1.82) is 0 Å². The number of aliphatic hydroxyl groups is 1. The lowest BCUT2D eigenvalue weighted by atomic mass is 9.90. The molecule has 2 aromatic carbocycles. The van der Waals surface area contributed by atoms with Crippen LogP contribution in [0.4, 0.5) is 0 Å². The summed E-state index contributed by atoms with van der Waals surface area (Å²) in [5.41, 5.74) is 0.514. The van der Waals surface area contributed by atoms with Crippen LogP contribution in [0.5, 0.6) is 11.5 Å². The second kappa shape index (κ2) is 7.71. The number of carbonyl (C=O) groups is 1. The van der Waals surface area contributed by atoms with Crippen LogP contribution in [-0.4, -0.2) is 28.2 Å². The van der Waals surface area contributed by atoms with Crippen molar-refractivity contribution in [2.45, 2.75) is 32.8 Å². The molecule has 0 spiro atoms. The molecule has 1 aliphatic rings. The fourth-order valence-corrected chi connectivity index (χ4v) is 3.81. The number of aromatic hydroxyl groups is 1. The molecule has 160 valence electrons. The van der Waals surface area contributed by atoms with E-state index < -0.39 is 11.2 Å². The van der Waals surface area contributed by atoms with E-state index in [1.54, 1.807) is 13.0 Å². The van der Waals surface area contributed by atoms with Gasteiger partial charge in [-0.25, -0.2) is 4.79 Å². The molecular formula is C25H24O6. The third kappa shape index (κ3) is 3.75. The van der Waals surface area contributed by atoms with Crippen LogP contribution in [0.2, 0.25) is 0 Å². The molecule has 6 nitrogen and oxygen atoms in total. The van der Waals surface area contributed by atoms with Gasteiger partial charge in [0.2, 0.25) is 0 Å². The lowest BCUT2D eigenvalue weighted by molar-refractivity contribution is 0.0928. The summed E-state index contributed by atoms with van der Waals surface area (Å²) in [6.07, 6.45) is 3.60. The normalized spacial score (nSPS) is 15.4. The van der Waals surface area contributed by atoms with E-state index in [9.17, 15) is 19.8 Å². The van der Waals surface area contributed by atoms with E-state index in [1.165, 1.54) is 6.07 Å². The van der Waals surface area contributed by atoms with Crippen LogP contribution in [0.15, 0.2) is 51.7 Å². The van der Waals surface area contributed by atoms with Crippen LogP contribution in [0.1, 0.15) is 43.1 Å². The van der Waals surface area contributed by atoms with Gasteiger partial charge >= 0.3 is 5.63 Å². The van der Waals surface area contributed by atoms with Gasteiger partial charge in [-0.3, -0.25) is 4.79 Å². The molecular weight excluding hydrogens is 396 g/mol. The molecule has 3 aromatic rings. The summed E-state index contributed by atoms with van der Waals surface area (Å²) in [7, 11) is 0. The lowest BCUT2D eigenvalue weighted by Crippen LogP contribution is -2.29. The highest BCUT2D eigenvalue weighted by atomic mass is 16.5. The molecule has 1 unspecified atom stereocenters. The first kappa shape index (κ1) is 20.9. The van der Waals surface area contributed by atoms with Gasteiger partial charge < -0.3 is 19.4 Å². The van der Waals surface area contributed by atoms with Gasteiger partial charge in [-0.2, -0.15) is 0 Å². The molecule has 6 heteroatoms. The van der Waals surface area contributed by atoms with Crippen molar-refractivity contribution in [3.05, 3.63) is 64.0 Å². The Hall–Kier alpha value is -3.38. The number of hydrogen-bond donors (Lipinski definition) is 2. The number of phenols is 1. The van der Waals surface area contributed by atoms with Crippen molar-refractivity contribution in [2.24, 2.45) is 5.92 Å². The smallest absolute Gasteiger partial charge is 0.336 e. The molecule has 1 aliphatic heterocycles. The number of aliphatic hydroxyl groups excluding tert-OH is 1. The predicted molar refractivity (Wildman–Crippen MR) is 119 cm³/mol. The molecule has 0 saturated carbocycles. The molecule has 0 aliphatic carbocycles. The van der Waals surface area contributed by atoms with Crippen molar-refractivity contribution in [2.75, 3.05) is 6.61 Å². The number of carbonyl (C=O) groups excluding carboxylic acids is 1. The fraction of sp³-hybridized carbons (Fsp3) is 0.280. The minimum atomic E-state index is -0.720. The molecule has 0 radical (unpaired) electrons.